The fourth-order valence-electron chi connectivity index (χ4n) is 2.29. The minimum atomic E-state index is 0.113. The van der Waals surface area contributed by atoms with E-state index in [2.05, 4.69) is 28.9 Å². The van der Waals surface area contributed by atoms with Crippen molar-refractivity contribution in [1.29, 1.82) is 0 Å². The minimum Gasteiger partial charge on any atom is -0.338 e. The Morgan fingerprint density at radius 2 is 2.06 bits per heavy atom. The van der Waals surface area contributed by atoms with E-state index in [1.807, 2.05) is 0 Å². The second kappa shape index (κ2) is 5.49. The van der Waals surface area contributed by atoms with Crippen LogP contribution in [0.1, 0.15) is 39.0 Å². The maximum Gasteiger partial charge on any atom is 0.266 e. The average molecular weight is 238 g/mol. The van der Waals surface area contributed by atoms with Crippen LogP contribution in [0.25, 0.3) is 0 Å². The Morgan fingerprint density at radius 1 is 1.35 bits per heavy atom. The van der Waals surface area contributed by atoms with Gasteiger partial charge in [0.05, 0.1) is 0 Å². The van der Waals surface area contributed by atoms with Crippen LogP contribution in [-0.2, 0) is 6.42 Å². The van der Waals surface area contributed by atoms with Gasteiger partial charge in [-0.25, -0.2) is 0 Å². The summed E-state index contributed by atoms with van der Waals surface area (Å²) in [7, 11) is 0. The van der Waals surface area contributed by atoms with Crippen molar-refractivity contribution in [2.24, 2.45) is 11.7 Å². The molecule has 5 heteroatoms. The molecule has 0 amide bonds. The number of anilines is 1. The molecule has 1 aliphatic heterocycles. The van der Waals surface area contributed by atoms with Gasteiger partial charge in [0.25, 0.3) is 5.95 Å². The van der Waals surface area contributed by atoms with Crippen molar-refractivity contribution in [2.45, 2.75) is 45.6 Å². The summed E-state index contributed by atoms with van der Waals surface area (Å²) in [4.78, 5) is 6.58. The smallest absolute Gasteiger partial charge is 0.266 e. The van der Waals surface area contributed by atoms with E-state index in [-0.39, 0.29) is 6.04 Å². The molecule has 1 atom stereocenters. The molecule has 0 bridgehead atoms. The van der Waals surface area contributed by atoms with E-state index >= 15 is 0 Å². The highest BCUT2D eigenvalue weighted by Crippen LogP contribution is 2.17. The molecule has 0 radical (unpaired) electrons. The lowest BCUT2D eigenvalue weighted by molar-refractivity contribution is 0.358. The lowest BCUT2D eigenvalue weighted by Crippen LogP contribution is -2.25. The summed E-state index contributed by atoms with van der Waals surface area (Å²) in [6.07, 6.45) is 4.11. The van der Waals surface area contributed by atoms with Gasteiger partial charge in [-0.1, -0.05) is 13.8 Å². The summed E-state index contributed by atoms with van der Waals surface area (Å²) in [6, 6.07) is 0.113. The maximum atomic E-state index is 6.03. The standard InChI is InChI=1S/C12H22N4O/c1-9(2)7-10(13)8-11-14-12(15-17-11)16-5-3-4-6-16/h9-10H,3-8,13H2,1-2H3. The molecule has 1 aromatic rings. The molecule has 0 saturated carbocycles. The van der Waals surface area contributed by atoms with Gasteiger partial charge in [0.1, 0.15) is 0 Å². The van der Waals surface area contributed by atoms with Crippen LogP contribution in [0.5, 0.6) is 0 Å². The SMILES string of the molecule is CC(C)CC(N)Cc1nc(N2CCCC2)no1. The Balaban J connectivity index is 1.89. The normalized spacial score (nSPS) is 18.0. The highest BCUT2D eigenvalue weighted by atomic mass is 16.5. The fraction of sp³-hybridized carbons (Fsp3) is 0.833. The Kier molecular flexibility index (Phi) is 3.99. The van der Waals surface area contributed by atoms with E-state index in [9.17, 15) is 0 Å². The van der Waals surface area contributed by atoms with E-state index in [1.165, 1.54) is 12.8 Å². The van der Waals surface area contributed by atoms with E-state index < -0.39 is 0 Å². The predicted octanol–water partition coefficient (Wildman–Crippen LogP) is 1.59. The molecule has 1 fully saturated rings. The van der Waals surface area contributed by atoms with Gasteiger partial charge >= 0.3 is 0 Å². The molecule has 2 rings (SSSR count). The van der Waals surface area contributed by atoms with Crippen molar-refractivity contribution in [1.82, 2.24) is 10.1 Å². The average Bonchev–Trinajstić information content (AvgIpc) is 2.84. The number of hydrogen-bond acceptors (Lipinski definition) is 5. The minimum absolute atomic E-state index is 0.113. The third-order valence-corrected chi connectivity index (χ3v) is 3.06. The van der Waals surface area contributed by atoms with Crippen LogP contribution in [0, 0.1) is 5.92 Å². The van der Waals surface area contributed by atoms with Gasteiger partial charge in [0.2, 0.25) is 5.89 Å². The second-order valence-corrected chi connectivity index (χ2v) is 5.28. The predicted molar refractivity (Wildman–Crippen MR) is 66.9 cm³/mol. The van der Waals surface area contributed by atoms with Gasteiger partial charge in [0.15, 0.2) is 0 Å². The van der Waals surface area contributed by atoms with Crippen LogP contribution in [-0.4, -0.2) is 29.3 Å². The van der Waals surface area contributed by atoms with Crippen LogP contribution in [0.15, 0.2) is 4.52 Å². The van der Waals surface area contributed by atoms with E-state index in [1.54, 1.807) is 0 Å². The lowest BCUT2D eigenvalue weighted by atomic mass is 10.0. The van der Waals surface area contributed by atoms with Gasteiger partial charge < -0.3 is 15.2 Å². The van der Waals surface area contributed by atoms with Crippen molar-refractivity contribution in [3.05, 3.63) is 5.89 Å². The zero-order valence-electron chi connectivity index (χ0n) is 10.7. The van der Waals surface area contributed by atoms with Gasteiger partial charge in [-0.05, 0) is 30.3 Å². The summed E-state index contributed by atoms with van der Waals surface area (Å²) in [5.74, 6) is 2.00. The summed E-state index contributed by atoms with van der Waals surface area (Å²) in [5, 5.41) is 4.01. The van der Waals surface area contributed by atoms with Crippen LogP contribution >= 0.6 is 0 Å². The second-order valence-electron chi connectivity index (χ2n) is 5.28. The third-order valence-electron chi connectivity index (χ3n) is 3.06. The molecular weight excluding hydrogens is 216 g/mol. The molecule has 2 heterocycles. The summed E-state index contributed by atoms with van der Waals surface area (Å²) >= 11 is 0. The van der Waals surface area contributed by atoms with Crippen molar-refractivity contribution in [3.8, 4) is 0 Å². The molecule has 1 aromatic heterocycles. The molecule has 0 aromatic carbocycles. The van der Waals surface area contributed by atoms with E-state index in [4.69, 9.17) is 10.3 Å². The topological polar surface area (TPSA) is 68.2 Å². The Bertz CT molecular complexity index is 344. The number of rotatable bonds is 5. The molecule has 1 saturated heterocycles. The van der Waals surface area contributed by atoms with Crippen molar-refractivity contribution in [3.63, 3.8) is 0 Å². The highest BCUT2D eigenvalue weighted by molar-refractivity contribution is 5.28. The van der Waals surface area contributed by atoms with E-state index in [0.717, 1.165) is 25.5 Å². The largest absolute Gasteiger partial charge is 0.338 e. The number of hydrogen-bond donors (Lipinski definition) is 1. The fourth-order valence-corrected chi connectivity index (χ4v) is 2.29. The van der Waals surface area contributed by atoms with Crippen LogP contribution < -0.4 is 10.6 Å². The van der Waals surface area contributed by atoms with Crippen LogP contribution in [0.2, 0.25) is 0 Å². The van der Waals surface area contributed by atoms with Gasteiger partial charge in [-0.2, -0.15) is 4.98 Å². The monoisotopic (exact) mass is 238 g/mol. The molecule has 96 valence electrons. The van der Waals surface area contributed by atoms with Crippen LogP contribution in [0.3, 0.4) is 0 Å². The quantitative estimate of drug-likeness (QED) is 0.843. The zero-order chi connectivity index (χ0) is 12.3. The first-order valence-corrected chi connectivity index (χ1v) is 6.48. The van der Waals surface area contributed by atoms with Crippen molar-refractivity contribution in [2.75, 3.05) is 18.0 Å². The Hall–Kier alpha value is -1.10. The molecule has 1 aliphatic rings. The van der Waals surface area contributed by atoms with Gasteiger partial charge in [-0.3, -0.25) is 0 Å². The molecule has 0 aliphatic carbocycles. The number of nitrogens with two attached hydrogens (primary N) is 1. The van der Waals surface area contributed by atoms with Gasteiger partial charge in [-0.15, -0.1) is 0 Å². The summed E-state index contributed by atoms with van der Waals surface area (Å²) in [5.41, 5.74) is 6.03. The molecule has 17 heavy (non-hydrogen) atoms. The Morgan fingerprint density at radius 3 is 2.71 bits per heavy atom. The first-order valence-electron chi connectivity index (χ1n) is 6.48. The van der Waals surface area contributed by atoms with Crippen LogP contribution in [0.4, 0.5) is 5.95 Å². The number of nitrogens with zero attached hydrogens (tertiary/aromatic N) is 3. The molecule has 0 spiro atoms. The van der Waals surface area contributed by atoms with Crippen molar-refractivity contribution < 1.29 is 4.52 Å². The summed E-state index contributed by atoms with van der Waals surface area (Å²) in [6.45, 7) is 6.42. The number of aromatic nitrogens is 2. The Labute approximate surface area is 102 Å². The van der Waals surface area contributed by atoms with E-state index in [0.29, 0.717) is 18.2 Å². The summed E-state index contributed by atoms with van der Waals surface area (Å²) < 4.78 is 5.25. The molecule has 5 nitrogen and oxygen atoms in total. The van der Waals surface area contributed by atoms with Crippen molar-refractivity contribution >= 4 is 5.95 Å². The molecule has 2 N–H and O–H groups in total. The molecular formula is C12H22N4O. The van der Waals surface area contributed by atoms with Gasteiger partial charge in [0, 0.05) is 25.6 Å². The first kappa shape index (κ1) is 12.4. The molecule has 1 unspecified atom stereocenters. The highest BCUT2D eigenvalue weighted by Gasteiger charge is 2.19. The lowest BCUT2D eigenvalue weighted by Gasteiger charge is -2.11. The zero-order valence-corrected chi connectivity index (χ0v) is 10.7. The maximum absolute atomic E-state index is 6.03. The first-order chi connectivity index (χ1) is 8.15. The third kappa shape index (κ3) is 3.43.